The first-order chi connectivity index (χ1) is 14.6. The summed E-state index contributed by atoms with van der Waals surface area (Å²) in [6, 6.07) is 17.3. The predicted molar refractivity (Wildman–Crippen MR) is 119 cm³/mol. The molecule has 0 bridgehead atoms. The van der Waals surface area contributed by atoms with Crippen LogP contribution in [0.3, 0.4) is 0 Å². The monoisotopic (exact) mass is 400 g/mol. The normalized spacial score (nSPS) is 11.0. The summed E-state index contributed by atoms with van der Waals surface area (Å²) in [5.74, 6) is -0.439. The Morgan fingerprint density at radius 1 is 1.10 bits per heavy atom. The van der Waals surface area contributed by atoms with Gasteiger partial charge in [-0.15, -0.1) is 0 Å². The first-order valence-electron chi connectivity index (χ1n) is 10.1. The third kappa shape index (κ3) is 3.76. The Hall–Kier alpha value is -3.67. The van der Waals surface area contributed by atoms with Gasteiger partial charge in [0.15, 0.2) is 0 Å². The van der Waals surface area contributed by atoms with Gasteiger partial charge in [-0.05, 0) is 49.6 Å². The minimum atomic E-state index is -0.439. The second kappa shape index (κ2) is 8.37. The van der Waals surface area contributed by atoms with Gasteiger partial charge in [0.1, 0.15) is 11.2 Å². The third-order valence-electron chi connectivity index (χ3n) is 5.16. The lowest BCUT2D eigenvalue weighted by Crippen LogP contribution is -2.22. The van der Waals surface area contributed by atoms with E-state index in [1.54, 1.807) is 11.6 Å². The van der Waals surface area contributed by atoms with E-state index in [4.69, 9.17) is 0 Å². The van der Waals surface area contributed by atoms with Crippen molar-refractivity contribution in [1.82, 2.24) is 14.8 Å². The van der Waals surface area contributed by atoms with Gasteiger partial charge in [0.25, 0.3) is 5.91 Å². The minimum absolute atomic E-state index is 0.0632. The number of benzene rings is 2. The molecule has 0 saturated carbocycles. The molecule has 30 heavy (non-hydrogen) atoms. The fourth-order valence-electron chi connectivity index (χ4n) is 3.53. The lowest BCUT2D eigenvalue weighted by molar-refractivity contribution is 0.102. The Balaban J connectivity index is 1.63. The van der Waals surface area contributed by atoms with Crippen molar-refractivity contribution >= 4 is 22.6 Å². The zero-order chi connectivity index (χ0) is 21.1. The molecule has 0 aliphatic rings. The van der Waals surface area contributed by atoms with Crippen LogP contribution in [0.4, 0.5) is 5.69 Å². The van der Waals surface area contributed by atoms with E-state index in [9.17, 15) is 9.59 Å². The second-order valence-electron chi connectivity index (χ2n) is 7.34. The van der Waals surface area contributed by atoms with E-state index >= 15 is 0 Å². The zero-order valence-electron chi connectivity index (χ0n) is 17.1. The zero-order valence-corrected chi connectivity index (χ0v) is 17.1. The highest BCUT2D eigenvalue weighted by molar-refractivity contribution is 6.05. The maximum Gasteiger partial charge on any atom is 0.261 e. The number of carbonyl (C=O) groups is 1. The van der Waals surface area contributed by atoms with Gasteiger partial charge in [0, 0.05) is 11.9 Å². The molecule has 2 N–H and O–H groups in total. The second-order valence-corrected chi connectivity index (χ2v) is 7.34. The molecule has 0 unspecified atom stereocenters. The number of unbranched alkanes of at least 4 members (excludes halogenated alkanes) is 1. The Labute approximate surface area is 174 Å². The number of aromatic nitrogens is 3. The van der Waals surface area contributed by atoms with Crippen LogP contribution in [0.25, 0.3) is 16.7 Å². The molecule has 1 amide bonds. The van der Waals surface area contributed by atoms with Crippen LogP contribution >= 0.6 is 0 Å². The van der Waals surface area contributed by atoms with E-state index in [0.29, 0.717) is 22.4 Å². The quantitative estimate of drug-likeness (QED) is 0.496. The summed E-state index contributed by atoms with van der Waals surface area (Å²) in [7, 11) is 0. The summed E-state index contributed by atoms with van der Waals surface area (Å²) in [4.78, 5) is 28.9. The van der Waals surface area contributed by atoms with Crippen molar-refractivity contribution in [2.45, 2.75) is 33.1 Å². The van der Waals surface area contributed by atoms with E-state index in [-0.39, 0.29) is 11.0 Å². The molecule has 0 fully saturated rings. The number of pyridine rings is 1. The van der Waals surface area contributed by atoms with E-state index < -0.39 is 5.91 Å². The molecule has 0 spiro atoms. The van der Waals surface area contributed by atoms with Crippen molar-refractivity contribution in [3.63, 3.8) is 0 Å². The van der Waals surface area contributed by atoms with Crippen LogP contribution in [-0.4, -0.2) is 20.7 Å². The highest BCUT2D eigenvalue weighted by atomic mass is 16.2. The summed E-state index contributed by atoms with van der Waals surface area (Å²) in [6.45, 7) is 3.93. The van der Waals surface area contributed by atoms with Crippen LogP contribution in [0.5, 0.6) is 0 Å². The van der Waals surface area contributed by atoms with Crippen molar-refractivity contribution in [2.24, 2.45) is 0 Å². The van der Waals surface area contributed by atoms with Gasteiger partial charge < -0.3 is 10.3 Å². The van der Waals surface area contributed by atoms with Crippen LogP contribution in [0, 0.1) is 6.92 Å². The van der Waals surface area contributed by atoms with E-state index in [2.05, 4.69) is 22.3 Å². The summed E-state index contributed by atoms with van der Waals surface area (Å²) in [5.41, 5.74) is 3.61. The summed E-state index contributed by atoms with van der Waals surface area (Å²) in [6.07, 6.45) is 4.75. The van der Waals surface area contributed by atoms with Crippen molar-refractivity contribution in [2.75, 3.05) is 5.32 Å². The maximum absolute atomic E-state index is 13.1. The number of aryl methyl sites for hydroxylation is 2. The molecule has 4 aromatic rings. The molecular formula is C24H24N4O2. The average molecular weight is 400 g/mol. The SMILES string of the molecule is CCCCc1ccc(NC(=O)c2c[nH]c3c(c(C)nn3-c3ccccc3)c2=O)cc1. The number of fused-ring (bicyclic) bond motifs is 1. The first kappa shape index (κ1) is 19.6. The van der Waals surface area contributed by atoms with Crippen molar-refractivity contribution < 1.29 is 4.79 Å². The van der Waals surface area contributed by atoms with Crippen molar-refractivity contribution in [3.8, 4) is 5.69 Å². The topological polar surface area (TPSA) is 79.8 Å². The minimum Gasteiger partial charge on any atom is -0.345 e. The van der Waals surface area contributed by atoms with Crippen molar-refractivity contribution in [1.29, 1.82) is 0 Å². The Morgan fingerprint density at radius 3 is 2.53 bits per heavy atom. The highest BCUT2D eigenvalue weighted by Gasteiger charge is 2.19. The molecule has 0 atom stereocenters. The number of H-pyrrole nitrogens is 1. The predicted octanol–water partition coefficient (Wildman–Crippen LogP) is 4.62. The Bertz CT molecular complexity index is 1240. The number of nitrogens with zero attached hydrogens (tertiary/aromatic N) is 2. The summed E-state index contributed by atoms with van der Waals surface area (Å²) < 4.78 is 1.68. The van der Waals surface area contributed by atoms with Gasteiger partial charge >= 0.3 is 0 Å². The fraction of sp³-hybridized carbons (Fsp3) is 0.208. The Kier molecular flexibility index (Phi) is 5.48. The van der Waals surface area contributed by atoms with Crippen LogP contribution in [-0.2, 0) is 6.42 Å². The number of carbonyl (C=O) groups excluding carboxylic acids is 1. The van der Waals surface area contributed by atoms with Crippen LogP contribution in [0.15, 0.2) is 65.6 Å². The first-order valence-corrected chi connectivity index (χ1v) is 10.1. The number of hydrogen-bond acceptors (Lipinski definition) is 3. The van der Waals surface area contributed by atoms with E-state index in [1.165, 1.54) is 11.8 Å². The molecule has 2 aromatic carbocycles. The number of nitrogens with one attached hydrogen (secondary N) is 2. The Morgan fingerprint density at radius 2 is 1.83 bits per heavy atom. The number of para-hydroxylation sites is 1. The van der Waals surface area contributed by atoms with Gasteiger partial charge in [-0.2, -0.15) is 5.10 Å². The van der Waals surface area contributed by atoms with Gasteiger partial charge in [0.2, 0.25) is 5.43 Å². The molecule has 0 saturated heterocycles. The van der Waals surface area contributed by atoms with Crippen molar-refractivity contribution in [3.05, 3.63) is 87.8 Å². The maximum atomic E-state index is 13.1. The highest BCUT2D eigenvalue weighted by Crippen LogP contribution is 2.18. The number of hydrogen-bond donors (Lipinski definition) is 2. The lowest BCUT2D eigenvalue weighted by atomic mass is 10.1. The van der Waals surface area contributed by atoms with Gasteiger partial charge in [-0.3, -0.25) is 9.59 Å². The van der Waals surface area contributed by atoms with Gasteiger partial charge in [-0.1, -0.05) is 43.7 Å². The standard InChI is InChI=1S/C24H24N4O2/c1-3-4-8-17-11-13-18(14-12-17)26-24(30)20-15-25-23-21(22(20)29)16(2)27-28(23)19-9-6-5-7-10-19/h5-7,9-15H,3-4,8H2,1-2H3,(H,25,29)(H,26,30). The lowest BCUT2D eigenvalue weighted by Gasteiger charge is -2.07. The number of amides is 1. The molecule has 6 heteroatoms. The smallest absolute Gasteiger partial charge is 0.261 e. The van der Waals surface area contributed by atoms with Gasteiger partial charge in [0.05, 0.1) is 16.8 Å². The number of aromatic amines is 1. The number of anilines is 1. The third-order valence-corrected chi connectivity index (χ3v) is 5.16. The van der Waals surface area contributed by atoms with E-state index in [0.717, 1.165) is 24.9 Å². The molecule has 4 rings (SSSR count). The summed E-state index contributed by atoms with van der Waals surface area (Å²) >= 11 is 0. The number of rotatable bonds is 6. The fourth-order valence-corrected chi connectivity index (χ4v) is 3.53. The molecule has 0 aliphatic heterocycles. The van der Waals surface area contributed by atoms with Gasteiger partial charge in [-0.25, -0.2) is 4.68 Å². The molecule has 0 radical (unpaired) electrons. The summed E-state index contributed by atoms with van der Waals surface area (Å²) in [5, 5.41) is 7.73. The average Bonchev–Trinajstić information content (AvgIpc) is 3.11. The molecule has 6 nitrogen and oxygen atoms in total. The van der Waals surface area contributed by atoms with E-state index in [1.807, 2.05) is 54.6 Å². The van der Waals surface area contributed by atoms with Crippen LogP contribution in [0.2, 0.25) is 0 Å². The van der Waals surface area contributed by atoms with Crippen LogP contribution in [0.1, 0.15) is 41.4 Å². The van der Waals surface area contributed by atoms with Crippen LogP contribution < -0.4 is 10.7 Å². The molecule has 2 aromatic heterocycles. The largest absolute Gasteiger partial charge is 0.345 e. The molecule has 2 heterocycles. The molecule has 0 aliphatic carbocycles. The molecular weight excluding hydrogens is 376 g/mol. The molecule has 152 valence electrons.